The Hall–Kier alpha value is -2.70. The molecule has 0 spiro atoms. The summed E-state index contributed by atoms with van der Waals surface area (Å²) < 4.78 is 1.60. The first-order chi connectivity index (χ1) is 10.9. The van der Waals surface area contributed by atoms with Crippen molar-refractivity contribution in [1.82, 2.24) is 19.7 Å². The van der Waals surface area contributed by atoms with Gasteiger partial charge in [0, 0.05) is 11.6 Å². The summed E-state index contributed by atoms with van der Waals surface area (Å²) in [7, 11) is 0. The van der Waals surface area contributed by atoms with Gasteiger partial charge in [0.15, 0.2) is 0 Å². The lowest BCUT2D eigenvalue weighted by Gasteiger charge is -2.27. The van der Waals surface area contributed by atoms with E-state index in [-0.39, 0.29) is 18.5 Å². The fourth-order valence-corrected chi connectivity index (χ4v) is 2.32. The second kappa shape index (κ2) is 7.04. The maximum absolute atomic E-state index is 12.7. The van der Waals surface area contributed by atoms with Gasteiger partial charge >= 0.3 is 5.97 Å². The molecule has 1 aromatic carbocycles. The molecule has 1 atom stereocenters. The third kappa shape index (κ3) is 3.74. The second-order valence-electron chi connectivity index (χ2n) is 5.42. The van der Waals surface area contributed by atoms with Crippen molar-refractivity contribution >= 4 is 11.9 Å². The second-order valence-corrected chi connectivity index (χ2v) is 5.42. The Morgan fingerprint density at radius 3 is 2.65 bits per heavy atom. The number of nitrogens with zero attached hydrogens (tertiary/aromatic N) is 4. The molecule has 1 heterocycles. The third-order valence-corrected chi connectivity index (χ3v) is 3.81. The number of hydrogen-bond donors (Lipinski definition) is 1. The van der Waals surface area contributed by atoms with Crippen molar-refractivity contribution in [3.05, 3.63) is 42.0 Å². The molecule has 23 heavy (non-hydrogen) atoms. The van der Waals surface area contributed by atoms with Crippen molar-refractivity contribution in [2.45, 2.75) is 33.2 Å². The zero-order chi connectivity index (χ0) is 17.0. The molecule has 0 bridgehead atoms. The van der Waals surface area contributed by atoms with Crippen LogP contribution in [0.1, 0.15) is 36.2 Å². The van der Waals surface area contributed by atoms with Gasteiger partial charge in [0.1, 0.15) is 19.2 Å². The molecule has 1 unspecified atom stereocenters. The van der Waals surface area contributed by atoms with E-state index in [4.69, 9.17) is 5.11 Å². The maximum Gasteiger partial charge on any atom is 0.323 e. The lowest BCUT2D eigenvalue weighted by atomic mass is 10.0. The lowest BCUT2D eigenvalue weighted by molar-refractivity contribution is -0.138. The number of aryl methyl sites for hydroxylation is 1. The fraction of sp³-hybridized carbons (Fsp3) is 0.375. The first-order valence-corrected chi connectivity index (χ1v) is 7.42. The van der Waals surface area contributed by atoms with E-state index in [1.807, 2.05) is 26.8 Å². The van der Waals surface area contributed by atoms with Gasteiger partial charge in [-0.05, 0) is 44.0 Å². The van der Waals surface area contributed by atoms with Crippen LogP contribution in [-0.2, 0) is 4.79 Å². The number of aliphatic carboxylic acids is 1. The predicted molar refractivity (Wildman–Crippen MR) is 84.5 cm³/mol. The Kier molecular flexibility index (Phi) is 5.10. The molecule has 7 nitrogen and oxygen atoms in total. The van der Waals surface area contributed by atoms with Crippen LogP contribution in [0.25, 0.3) is 5.69 Å². The van der Waals surface area contributed by atoms with Crippen LogP contribution in [0.2, 0.25) is 0 Å². The van der Waals surface area contributed by atoms with Gasteiger partial charge in [-0.15, -0.1) is 0 Å². The Morgan fingerprint density at radius 2 is 2.13 bits per heavy atom. The van der Waals surface area contributed by atoms with Crippen molar-refractivity contribution in [1.29, 1.82) is 0 Å². The highest BCUT2D eigenvalue weighted by Crippen LogP contribution is 2.18. The predicted octanol–water partition coefficient (Wildman–Crippen LogP) is 1.90. The van der Waals surface area contributed by atoms with E-state index in [1.54, 1.807) is 23.1 Å². The van der Waals surface area contributed by atoms with Crippen LogP contribution in [0.3, 0.4) is 0 Å². The Bertz CT molecular complexity index is 697. The van der Waals surface area contributed by atoms with Gasteiger partial charge in [-0.2, -0.15) is 5.10 Å². The molecule has 0 saturated carbocycles. The highest BCUT2D eigenvalue weighted by atomic mass is 16.4. The summed E-state index contributed by atoms with van der Waals surface area (Å²) in [6, 6.07) is 5.15. The average molecular weight is 316 g/mol. The molecule has 2 aromatic rings. The topological polar surface area (TPSA) is 88.3 Å². The van der Waals surface area contributed by atoms with Crippen LogP contribution in [0.5, 0.6) is 0 Å². The number of hydrogen-bond acceptors (Lipinski definition) is 4. The van der Waals surface area contributed by atoms with Gasteiger partial charge in [-0.25, -0.2) is 9.67 Å². The molecule has 0 fully saturated rings. The van der Waals surface area contributed by atoms with Crippen molar-refractivity contribution in [2.75, 3.05) is 6.54 Å². The summed E-state index contributed by atoms with van der Waals surface area (Å²) in [4.78, 5) is 29.1. The van der Waals surface area contributed by atoms with Gasteiger partial charge in [-0.1, -0.05) is 6.92 Å². The molecular formula is C16H20N4O3. The standard InChI is InChI=1S/C16H20N4O3/c1-4-12(3)19(8-15(21)22)16(23)14-6-5-13(7-11(14)2)20-10-17-9-18-20/h5-7,9-10,12H,4,8H2,1-3H3,(H,21,22). The lowest BCUT2D eigenvalue weighted by Crippen LogP contribution is -2.42. The SMILES string of the molecule is CCC(C)N(CC(=O)O)C(=O)c1ccc(-n2cncn2)cc1C. The molecule has 0 aliphatic heterocycles. The van der Waals surface area contributed by atoms with Crippen LogP contribution in [0.4, 0.5) is 0 Å². The molecule has 122 valence electrons. The Morgan fingerprint density at radius 1 is 1.39 bits per heavy atom. The average Bonchev–Trinajstić information content (AvgIpc) is 3.05. The number of carboxylic acid groups (broad SMARTS) is 1. The molecule has 1 N–H and O–H groups in total. The minimum absolute atomic E-state index is 0.145. The van der Waals surface area contributed by atoms with E-state index < -0.39 is 5.97 Å². The minimum atomic E-state index is -1.02. The van der Waals surface area contributed by atoms with Crippen LogP contribution in [0.15, 0.2) is 30.9 Å². The molecule has 0 radical (unpaired) electrons. The van der Waals surface area contributed by atoms with Crippen molar-refractivity contribution in [3.8, 4) is 5.69 Å². The molecule has 0 aliphatic rings. The highest BCUT2D eigenvalue weighted by Gasteiger charge is 2.24. The number of carbonyl (C=O) groups excluding carboxylic acids is 1. The monoisotopic (exact) mass is 316 g/mol. The van der Waals surface area contributed by atoms with Gasteiger partial charge in [-0.3, -0.25) is 9.59 Å². The largest absolute Gasteiger partial charge is 0.480 e. The van der Waals surface area contributed by atoms with E-state index in [2.05, 4.69) is 10.1 Å². The normalized spacial score (nSPS) is 12.0. The maximum atomic E-state index is 12.7. The number of carboxylic acids is 1. The summed E-state index contributed by atoms with van der Waals surface area (Å²) in [6.45, 7) is 5.29. The van der Waals surface area contributed by atoms with Crippen LogP contribution >= 0.6 is 0 Å². The Labute approximate surface area is 134 Å². The summed E-state index contributed by atoms with van der Waals surface area (Å²) in [5, 5.41) is 13.1. The number of amides is 1. The van der Waals surface area contributed by atoms with E-state index in [1.165, 1.54) is 11.2 Å². The van der Waals surface area contributed by atoms with E-state index in [0.717, 1.165) is 11.3 Å². The number of aromatic nitrogens is 3. The molecule has 2 rings (SSSR count). The number of carbonyl (C=O) groups is 2. The summed E-state index contributed by atoms with van der Waals surface area (Å²) in [5.74, 6) is -1.29. The summed E-state index contributed by atoms with van der Waals surface area (Å²) >= 11 is 0. The molecule has 0 aliphatic carbocycles. The van der Waals surface area contributed by atoms with E-state index >= 15 is 0 Å². The fourth-order valence-electron chi connectivity index (χ4n) is 2.32. The van der Waals surface area contributed by atoms with Crippen LogP contribution in [-0.4, -0.2) is 49.2 Å². The quantitative estimate of drug-likeness (QED) is 0.879. The minimum Gasteiger partial charge on any atom is -0.480 e. The molecule has 0 saturated heterocycles. The highest BCUT2D eigenvalue weighted by molar-refractivity contribution is 5.97. The Balaban J connectivity index is 2.32. The van der Waals surface area contributed by atoms with E-state index in [0.29, 0.717) is 12.0 Å². The smallest absolute Gasteiger partial charge is 0.323 e. The molecule has 7 heteroatoms. The molecular weight excluding hydrogens is 296 g/mol. The van der Waals surface area contributed by atoms with Gasteiger partial charge in [0.25, 0.3) is 5.91 Å². The summed E-state index contributed by atoms with van der Waals surface area (Å²) in [5.41, 5.74) is 2.06. The van der Waals surface area contributed by atoms with Crippen molar-refractivity contribution in [3.63, 3.8) is 0 Å². The molecule has 1 amide bonds. The third-order valence-electron chi connectivity index (χ3n) is 3.81. The van der Waals surface area contributed by atoms with Gasteiger partial charge in [0.05, 0.1) is 5.69 Å². The first-order valence-electron chi connectivity index (χ1n) is 7.42. The van der Waals surface area contributed by atoms with Crippen LogP contribution in [0, 0.1) is 6.92 Å². The first kappa shape index (κ1) is 16.7. The van der Waals surface area contributed by atoms with Crippen LogP contribution < -0.4 is 0 Å². The van der Waals surface area contributed by atoms with Crippen molar-refractivity contribution < 1.29 is 14.7 Å². The molecule has 1 aromatic heterocycles. The van der Waals surface area contributed by atoms with Gasteiger partial charge < -0.3 is 10.0 Å². The van der Waals surface area contributed by atoms with E-state index in [9.17, 15) is 9.59 Å². The zero-order valence-electron chi connectivity index (χ0n) is 13.4. The number of benzene rings is 1. The zero-order valence-corrected chi connectivity index (χ0v) is 13.4. The summed E-state index contributed by atoms with van der Waals surface area (Å²) in [6.07, 6.45) is 3.70. The number of rotatable bonds is 6. The van der Waals surface area contributed by atoms with Crippen molar-refractivity contribution in [2.24, 2.45) is 0 Å². The van der Waals surface area contributed by atoms with Gasteiger partial charge in [0.2, 0.25) is 0 Å².